The van der Waals surface area contributed by atoms with Gasteiger partial charge in [0.25, 0.3) is 0 Å². The summed E-state index contributed by atoms with van der Waals surface area (Å²) in [5.41, 5.74) is 0.668. The van der Waals surface area contributed by atoms with Crippen LogP contribution in [0.5, 0.6) is 11.5 Å². The molecule has 0 atom stereocenters. The van der Waals surface area contributed by atoms with Crippen LogP contribution in [0.3, 0.4) is 0 Å². The van der Waals surface area contributed by atoms with Crippen LogP contribution in [-0.4, -0.2) is 31.3 Å². The minimum atomic E-state index is -0.986. The maximum absolute atomic E-state index is 10.8. The molecule has 3 rings (SSSR count). The fourth-order valence-corrected chi connectivity index (χ4v) is 1.93. The van der Waals surface area contributed by atoms with Gasteiger partial charge in [-0.2, -0.15) is 4.68 Å². The van der Waals surface area contributed by atoms with Gasteiger partial charge in [-0.25, -0.2) is 0 Å². The smallest absolute Gasteiger partial charge is 0.311 e. The standard InChI is InChI=1S/C15H12N4O3/c20-15(21)10-14-16-17-18-19(14)11-6-8-13(9-7-11)22-12-4-2-1-3-5-12/h1-9H,10H2,(H,20,21). The number of aromatic nitrogens is 4. The molecule has 0 unspecified atom stereocenters. The lowest BCUT2D eigenvalue weighted by atomic mass is 10.3. The molecule has 0 amide bonds. The maximum atomic E-state index is 10.8. The van der Waals surface area contributed by atoms with E-state index in [9.17, 15) is 4.79 Å². The minimum Gasteiger partial charge on any atom is -0.481 e. The first kappa shape index (κ1) is 13.7. The van der Waals surface area contributed by atoms with Crippen LogP contribution in [0, 0.1) is 0 Å². The van der Waals surface area contributed by atoms with Gasteiger partial charge in [-0.15, -0.1) is 5.10 Å². The van der Waals surface area contributed by atoms with E-state index < -0.39 is 5.97 Å². The van der Waals surface area contributed by atoms with Crippen LogP contribution in [0.1, 0.15) is 5.82 Å². The Kier molecular flexibility index (Phi) is 3.78. The molecule has 7 nitrogen and oxygen atoms in total. The van der Waals surface area contributed by atoms with Gasteiger partial charge in [-0.1, -0.05) is 18.2 Å². The third-order valence-electron chi connectivity index (χ3n) is 2.90. The number of ether oxygens (including phenoxy) is 1. The van der Waals surface area contributed by atoms with Gasteiger partial charge in [-0.3, -0.25) is 4.79 Å². The molecule has 0 radical (unpaired) electrons. The highest BCUT2D eigenvalue weighted by molar-refractivity contribution is 5.69. The van der Waals surface area contributed by atoms with E-state index in [-0.39, 0.29) is 12.2 Å². The number of hydrogen-bond acceptors (Lipinski definition) is 5. The molecule has 0 spiro atoms. The molecule has 0 aliphatic heterocycles. The lowest BCUT2D eigenvalue weighted by Gasteiger charge is -2.07. The zero-order chi connectivity index (χ0) is 15.4. The number of hydrogen-bond donors (Lipinski definition) is 1. The average Bonchev–Trinajstić information content (AvgIpc) is 2.96. The van der Waals surface area contributed by atoms with Gasteiger partial charge in [-0.05, 0) is 46.8 Å². The quantitative estimate of drug-likeness (QED) is 0.775. The van der Waals surface area contributed by atoms with Crippen molar-refractivity contribution >= 4 is 5.97 Å². The third-order valence-corrected chi connectivity index (χ3v) is 2.90. The topological polar surface area (TPSA) is 90.1 Å². The second-order valence-electron chi connectivity index (χ2n) is 4.49. The highest BCUT2D eigenvalue weighted by Gasteiger charge is 2.11. The number of carboxylic acids is 1. The predicted octanol–water partition coefficient (Wildman–Crippen LogP) is 2.08. The number of benzene rings is 2. The van der Waals surface area contributed by atoms with E-state index in [1.54, 1.807) is 24.3 Å². The highest BCUT2D eigenvalue weighted by Crippen LogP contribution is 2.22. The second-order valence-corrected chi connectivity index (χ2v) is 4.49. The number of carboxylic acid groups (broad SMARTS) is 1. The summed E-state index contributed by atoms with van der Waals surface area (Å²) in [4.78, 5) is 10.8. The molecule has 0 saturated carbocycles. The van der Waals surface area contributed by atoms with Crippen molar-refractivity contribution < 1.29 is 14.6 Å². The summed E-state index contributed by atoms with van der Waals surface area (Å²) < 4.78 is 7.08. The second kappa shape index (κ2) is 6.04. The molecule has 0 aliphatic carbocycles. The van der Waals surface area contributed by atoms with Gasteiger partial charge in [0.15, 0.2) is 5.82 Å². The molecule has 3 aromatic rings. The molecule has 1 heterocycles. The van der Waals surface area contributed by atoms with E-state index >= 15 is 0 Å². The number of para-hydroxylation sites is 1. The zero-order valence-electron chi connectivity index (χ0n) is 11.5. The first-order valence-electron chi connectivity index (χ1n) is 6.55. The molecule has 2 aromatic carbocycles. The van der Waals surface area contributed by atoms with Gasteiger partial charge in [0, 0.05) is 0 Å². The van der Waals surface area contributed by atoms with Crippen molar-refractivity contribution in [2.45, 2.75) is 6.42 Å². The average molecular weight is 296 g/mol. The normalized spacial score (nSPS) is 10.4. The molecule has 1 N–H and O–H groups in total. The van der Waals surface area contributed by atoms with Gasteiger partial charge >= 0.3 is 5.97 Å². The molecule has 0 saturated heterocycles. The van der Waals surface area contributed by atoms with Crippen LogP contribution in [-0.2, 0) is 11.2 Å². The Morgan fingerprint density at radius 3 is 2.41 bits per heavy atom. The lowest BCUT2D eigenvalue weighted by molar-refractivity contribution is -0.136. The maximum Gasteiger partial charge on any atom is 0.311 e. The Morgan fingerprint density at radius 2 is 1.73 bits per heavy atom. The van der Waals surface area contributed by atoms with Crippen LogP contribution in [0.4, 0.5) is 0 Å². The van der Waals surface area contributed by atoms with Gasteiger partial charge < -0.3 is 9.84 Å². The fraction of sp³-hybridized carbons (Fsp3) is 0.0667. The van der Waals surface area contributed by atoms with E-state index in [2.05, 4.69) is 15.5 Å². The molecule has 110 valence electrons. The Bertz CT molecular complexity index is 769. The number of aliphatic carboxylic acids is 1. The van der Waals surface area contributed by atoms with E-state index in [0.717, 1.165) is 5.75 Å². The Labute approximate surface area is 125 Å². The van der Waals surface area contributed by atoms with Gasteiger partial charge in [0.05, 0.1) is 5.69 Å². The summed E-state index contributed by atoms with van der Waals surface area (Å²) >= 11 is 0. The van der Waals surface area contributed by atoms with Crippen molar-refractivity contribution in [1.29, 1.82) is 0 Å². The molecule has 0 fully saturated rings. The van der Waals surface area contributed by atoms with E-state index in [0.29, 0.717) is 11.4 Å². The SMILES string of the molecule is O=C(O)Cc1nnnn1-c1ccc(Oc2ccccc2)cc1. The molecular weight excluding hydrogens is 284 g/mol. The van der Waals surface area contributed by atoms with Crippen molar-refractivity contribution in [3.05, 3.63) is 60.4 Å². The summed E-state index contributed by atoms with van der Waals surface area (Å²) in [6.45, 7) is 0. The van der Waals surface area contributed by atoms with Crippen molar-refractivity contribution in [3.63, 3.8) is 0 Å². The predicted molar refractivity (Wildman–Crippen MR) is 77.0 cm³/mol. The molecule has 22 heavy (non-hydrogen) atoms. The number of nitrogens with zero attached hydrogens (tertiary/aromatic N) is 4. The van der Waals surface area contributed by atoms with Crippen LogP contribution < -0.4 is 4.74 Å². The summed E-state index contributed by atoms with van der Waals surface area (Å²) in [7, 11) is 0. The monoisotopic (exact) mass is 296 g/mol. The molecule has 0 bridgehead atoms. The molecule has 7 heteroatoms. The first-order chi connectivity index (χ1) is 10.7. The Balaban J connectivity index is 1.80. The zero-order valence-corrected chi connectivity index (χ0v) is 11.5. The summed E-state index contributed by atoms with van der Waals surface area (Å²) in [5, 5.41) is 19.9. The van der Waals surface area contributed by atoms with E-state index in [1.165, 1.54) is 4.68 Å². The number of rotatable bonds is 5. The van der Waals surface area contributed by atoms with E-state index in [4.69, 9.17) is 9.84 Å². The number of tetrazole rings is 1. The largest absolute Gasteiger partial charge is 0.481 e. The van der Waals surface area contributed by atoms with Crippen molar-refractivity contribution in [2.24, 2.45) is 0 Å². The summed E-state index contributed by atoms with van der Waals surface area (Å²) in [6, 6.07) is 16.5. The van der Waals surface area contributed by atoms with Crippen molar-refractivity contribution in [2.75, 3.05) is 0 Å². The minimum absolute atomic E-state index is 0.241. The van der Waals surface area contributed by atoms with Crippen LogP contribution >= 0.6 is 0 Å². The molecular formula is C15H12N4O3. The van der Waals surface area contributed by atoms with E-state index in [1.807, 2.05) is 30.3 Å². The van der Waals surface area contributed by atoms with Crippen LogP contribution in [0.15, 0.2) is 54.6 Å². The lowest BCUT2D eigenvalue weighted by Crippen LogP contribution is -2.09. The van der Waals surface area contributed by atoms with Gasteiger partial charge in [0.1, 0.15) is 17.9 Å². The highest BCUT2D eigenvalue weighted by atomic mass is 16.5. The van der Waals surface area contributed by atoms with Crippen molar-refractivity contribution in [1.82, 2.24) is 20.2 Å². The summed E-state index contributed by atoms with van der Waals surface area (Å²) in [6.07, 6.45) is -0.241. The Morgan fingerprint density at radius 1 is 1.05 bits per heavy atom. The Hall–Kier alpha value is -3.22. The van der Waals surface area contributed by atoms with Crippen LogP contribution in [0.25, 0.3) is 5.69 Å². The number of carbonyl (C=O) groups is 1. The summed E-state index contributed by atoms with van der Waals surface area (Å²) in [5.74, 6) is 0.691. The van der Waals surface area contributed by atoms with Gasteiger partial charge in [0.2, 0.25) is 0 Å². The van der Waals surface area contributed by atoms with Crippen LogP contribution in [0.2, 0.25) is 0 Å². The molecule has 1 aromatic heterocycles. The molecule has 0 aliphatic rings. The fourth-order valence-electron chi connectivity index (χ4n) is 1.93. The third kappa shape index (κ3) is 3.09. The van der Waals surface area contributed by atoms with Crippen molar-refractivity contribution in [3.8, 4) is 17.2 Å². The first-order valence-corrected chi connectivity index (χ1v) is 6.55.